The van der Waals surface area contributed by atoms with E-state index in [9.17, 15) is 99.6 Å². The number of aliphatic hydroxyl groups excluding tert-OH is 12. The Balaban J connectivity index is 1.45. The maximum absolute atomic E-state index is 13.5. The average molecular weight is 1400 g/mol. The molecule has 0 aliphatic carbocycles. The summed E-state index contributed by atoms with van der Waals surface area (Å²) in [5.74, 6) is -2.51. The minimum atomic E-state index is -1.57. The lowest BCUT2D eigenvalue weighted by Gasteiger charge is -2.39. The summed E-state index contributed by atoms with van der Waals surface area (Å²) in [5, 5.41) is 137. The zero-order valence-corrected chi connectivity index (χ0v) is 55.4. The quantitative estimate of drug-likeness (QED) is 0.0252. The maximum Gasteiger partial charge on any atom is 0.222 e. The molecule has 0 spiro atoms. The third-order valence-electron chi connectivity index (χ3n) is 15.7. The lowest BCUT2D eigenvalue weighted by Crippen LogP contribution is -2.59. The van der Waals surface area contributed by atoms with Gasteiger partial charge >= 0.3 is 0 Å². The molecule has 15 atom stereocenters. The Morgan fingerprint density at radius 1 is 0.320 bits per heavy atom. The maximum atomic E-state index is 13.5. The van der Waals surface area contributed by atoms with Crippen LogP contribution >= 0.6 is 0 Å². The number of hydrogen-bond donors (Lipinski definition) is 19. The Hall–Kier alpha value is -4.88. The largest absolute Gasteiger partial charge is 0.394 e. The van der Waals surface area contributed by atoms with Gasteiger partial charge in [0.1, 0.15) is 84.6 Å². The molecule has 36 heteroatoms. The van der Waals surface area contributed by atoms with Gasteiger partial charge in [0.2, 0.25) is 41.4 Å². The van der Waals surface area contributed by atoms with Crippen molar-refractivity contribution < 1.29 is 142 Å². The highest BCUT2D eigenvalue weighted by molar-refractivity contribution is 5.80. The fraction of sp³-hybridized carbons (Fsp3) is 0.869. The number of hydrogen-bond acceptors (Lipinski definition) is 29. The number of rotatable bonds is 53. The van der Waals surface area contributed by atoms with Gasteiger partial charge in [0.25, 0.3) is 0 Å². The summed E-state index contributed by atoms with van der Waals surface area (Å²) in [6.07, 6.45) is -17.0. The summed E-state index contributed by atoms with van der Waals surface area (Å²) in [4.78, 5) is 101. The average Bonchev–Trinajstić information content (AvgIpc) is 0.860. The van der Waals surface area contributed by atoms with Gasteiger partial charge in [0.05, 0.1) is 59.5 Å². The Morgan fingerprint density at radius 3 is 0.856 bits per heavy atom. The zero-order chi connectivity index (χ0) is 71.5. The molecular formula is C61H109N7O29. The third kappa shape index (κ3) is 34.8. The summed E-state index contributed by atoms with van der Waals surface area (Å²) < 4.78 is 50.2. The summed E-state index contributed by atoms with van der Waals surface area (Å²) in [5.41, 5.74) is -1.45. The summed E-state index contributed by atoms with van der Waals surface area (Å²) in [6.45, 7) is -0.0276. The molecule has 8 unspecified atom stereocenters. The predicted molar refractivity (Wildman–Crippen MR) is 334 cm³/mol. The summed E-state index contributed by atoms with van der Waals surface area (Å²) >= 11 is 0. The van der Waals surface area contributed by atoms with Gasteiger partial charge < -0.3 is 146 Å². The molecule has 3 heterocycles. The van der Waals surface area contributed by atoms with E-state index in [0.717, 1.165) is 0 Å². The first kappa shape index (κ1) is 86.3. The van der Waals surface area contributed by atoms with Crippen molar-refractivity contribution in [3.05, 3.63) is 0 Å². The van der Waals surface area contributed by atoms with E-state index in [1.165, 1.54) is 6.92 Å². The number of unbranched alkanes of at least 4 members (excludes halogenated alkanes) is 3. The number of carbonyl (C=O) groups is 8. The molecule has 562 valence electrons. The van der Waals surface area contributed by atoms with E-state index >= 15 is 0 Å². The van der Waals surface area contributed by atoms with Gasteiger partial charge in [-0.3, -0.25) is 33.6 Å². The van der Waals surface area contributed by atoms with Crippen molar-refractivity contribution in [3.8, 4) is 0 Å². The molecule has 97 heavy (non-hydrogen) atoms. The summed E-state index contributed by atoms with van der Waals surface area (Å²) in [7, 11) is 0. The van der Waals surface area contributed by atoms with E-state index in [2.05, 4.69) is 37.2 Å². The first-order chi connectivity index (χ1) is 46.5. The van der Waals surface area contributed by atoms with E-state index in [-0.39, 0.29) is 198 Å². The number of nitrogens with one attached hydrogen (secondary N) is 7. The first-order valence-corrected chi connectivity index (χ1v) is 33.4. The zero-order valence-electron chi connectivity index (χ0n) is 55.4. The van der Waals surface area contributed by atoms with Crippen molar-refractivity contribution in [2.45, 2.75) is 220 Å². The molecule has 0 radical (unpaired) electrons. The fourth-order valence-electron chi connectivity index (χ4n) is 9.93. The van der Waals surface area contributed by atoms with Gasteiger partial charge in [-0.05, 0) is 71.1 Å². The second-order valence-corrected chi connectivity index (χ2v) is 24.0. The lowest BCUT2D eigenvalue weighted by atomic mass is 9.99. The van der Waals surface area contributed by atoms with Crippen LogP contribution in [0.5, 0.6) is 0 Å². The minimum absolute atomic E-state index is 0.0631. The van der Waals surface area contributed by atoms with Gasteiger partial charge in [-0.2, -0.15) is 0 Å². The molecule has 3 saturated heterocycles. The van der Waals surface area contributed by atoms with Crippen LogP contribution in [-0.2, 0) is 81.0 Å². The molecule has 3 fully saturated rings. The Morgan fingerprint density at radius 2 is 0.588 bits per heavy atom. The number of ketones is 1. The van der Waals surface area contributed by atoms with Crippen LogP contribution in [0.15, 0.2) is 0 Å². The van der Waals surface area contributed by atoms with Crippen LogP contribution < -0.4 is 37.2 Å². The Labute approximate surface area is 563 Å². The molecular weight excluding hydrogens is 1290 g/mol. The highest BCUT2D eigenvalue weighted by Crippen LogP contribution is 2.25. The molecule has 19 N–H and O–H groups in total. The van der Waals surface area contributed by atoms with Gasteiger partial charge in [-0.25, -0.2) is 0 Å². The molecule has 0 aromatic rings. The molecule has 0 aromatic carbocycles. The normalized spacial score (nSPS) is 26.3. The second kappa shape index (κ2) is 49.6. The fourth-order valence-corrected chi connectivity index (χ4v) is 9.93. The van der Waals surface area contributed by atoms with Gasteiger partial charge in [0.15, 0.2) is 18.9 Å². The third-order valence-corrected chi connectivity index (χ3v) is 15.7. The molecule has 3 aliphatic heterocycles. The molecule has 3 aliphatic rings. The van der Waals surface area contributed by atoms with Crippen LogP contribution in [0.1, 0.15) is 122 Å². The second-order valence-electron chi connectivity index (χ2n) is 24.0. The first-order valence-electron chi connectivity index (χ1n) is 33.4. The van der Waals surface area contributed by atoms with Crippen molar-refractivity contribution >= 4 is 47.1 Å². The molecule has 36 nitrogen and oxygen atoms in total. The molecule has 0 bridgehead atoms. The van der Waals surface area contributed by atoms with Crippen LogP contribution in [0, 0.1) is 0 Å². The topological polar surface area (TPSA) is 547 Å². The van der Waals surface area contributed by atoms with Gasteiger partial charge in [-0.15, -0.1) is 0 Å². The molecule has 7 amide bonds. The molecule has 3 rings (SSSR count). The van der Waals surface area contributed by atoms with Crippen LogP contribution in [-0.4, -0.2) is 325 Å². The van der Waals surface area contributed by atoms with Crippen molar-refractivity contribution in [1.29, 1.82) is 0 Å². The SMILES string of the molecule is CC(=O)CCCC(=O)NC(COCCC(=O)NCCCNC(=O)CCCCO[C@@H]1OC(CO)[C@@H](O)C(O)C1O)(COCCC(=O)NCCCNC(=O)CCCCO[C@@H]1OC(CO)[C@@H](O)C(O)C1O)COCCC(=O)NCCCNC(=O)CCCCO[C@@H]1OC(CO)[C@@H](O)C(O)[C@H]1O. The van der Waals surface area contributed by atoms with Crippen molar-refractivity contribution in [3.63, 3.8) is 0 Å². The number of ether oxygens (including phenoxy) is 9. The van der Waals surface area contributed by atoms with Crippen LogP contribution in [0.3, 0.4) is 0 Å². The highest BCUT2D eigenvalue weighted by Gasteiger charge is 2.46. The monoisotopic (exact) mass is 1400 g/mol. The van der Waals surface area contributed by atoms with Crippen LogP contribution in [0.2, 0.25) is 0 Å². The standard InChI is InChI=1S/C61H109N7O29/c1-38(72)12-8-16-48(79)68-61(35-89-29-17-45(76)65-23-9-20-62-42(73)13-2-5-26-92-58-55(86)52(83)49(80)39(32-69)95-58,36-90-30-18-46(77)66-24-10-21-63-43(74)14-3-6-27-93-59-56(87)53(84)50(81)40(33-70)96-59)37-91-31-19-47(78)67-25-11-22-64-44(75)15-4-7-28-94-60-57(88)54(85)51(82)41(34-71)97-60/h39-41,49-60,69-71,80-88H,2-37H2,1H3,(H,62,73)(H,63,74)(H,64,75)(H,65,76)(H,66,77)(H,67,78)(H,68,79)/t39?,40?,41?,49-,50-,51-,52?,53?,54?,55-,56?,57?,58-,59-,60-,61?/m1/s1. The van der Waals surface area contributed by atoms with Crippen molar-refractivity contribution in [2.24, 2.45) is 0 Å². The van der Waals surface area contributed by atoms with Gasteiger partial charge in [0, 0.05) is 110 Å². The van der Waals surface area contributed by atoms with Crippen molar-refractivity contribution in [1.82, 2.24) is 37.2 Å². The van der Waals surface area contributed by atoms with E-state index in [1.54, 1.807) is 0 Å². The highest BCUT2D eigenvalue weighted by atomic mass is 16.7. The smallest absolute Gasteiger partial charge is 0.222 e. The van der Waals surface area contributed by atoms with E-state index in [4.69, 9.17) is 42.6 Å². The number of Topliss-reactive ketones (excluding diaryl/α,β-unsaturated/α-hetero) is 1. The molecule has 0 saturated carbocycles. The van der Waals surface area contributed by atoms with E-state index in [1.807, 2.05) is 0 Å². The van der Waals surface area contributed by atoms with Crippen molar-refractivity contribution in [2.75, 3.05) is 119 Å². The van der Waals surface area contributed by atoms with E-state index in [0.29, 0.717) is 57.8 Å². The number of amides is 7. The van der Waals surface area contributed by atoms with Gasteiger partial charge in [-0.1, -0.05) is 0 Å². The Kier molecular flexibility index (Phi) is 44.2. The van der Waals surface area contributed by atoms with Crippen LogP contribution in [0.25, 0.3) is 0 Å². The van der Waals surface area contributed by atoms with E-state index < -0.39 is 123 Å². The molecule has 0 aromatic heterocycles. The summed E-state index contributed by atoms with van der Waals surface area (Å²) in [6, 6.07) is 0. The minimum Gasteiger partial charge on any atom is -0.394 e. The predicted octanol–water partition coefficient (Wildman–Crippen LogP) is -7.35. The Bertz CT molecular complexity index is 2050. The number of aliphatic hydroxyl groups is 12. The lowest BCUT2D eigenvalue weighted by molar-refractivity contribution is -0.301. The van der Waals surface area contributed by atoms with Crippen LogP contribution in [0.4, 0.5) is 0 Å². The number of carbonyl (C=O) groups excluding carboxylic acids is 8.